The van der Waals surface area contributed by atoms with E-state index >= 15 is 0 Å². The van der Waals surface area contributed by atoms with Gasteiger partial charge in [-0.1, -0.05) is 31.5 Å². The van der Waals surface area contributed by atoms with Gasteiger partial charge in [0.1, 0.15) is 5.75 Å². The van der Waals surface area contributed by atoms with Crippen LogP contribution in [0.4, 0.5) is 5.69 Å². The molecule has 0 saturated carbocycles. The largest absolute Gasteiger partial charge is 0.493 e. The van der Waals surface area contributed by atoms with Crippen LogP contribution in [0.5, 0.6) is 5.75 Å². The molecule has 3 rings (SSSR count). The van der Waals surface area contributed by atoms with Crippen molar-refractivity contribution < 1.29 is 19.1 Å². The molecule has 0 aromatic heterocycles. The average molecular weight is 382 g/mol. The van der Waals surface area contributed by atoms with Gasteiger partial charge in [0.25, 0.3) is 0 Å². The van der Waals surface area contributed by atoms with Crippen molar-refractivity contribution in [2.45, 2.75) is 32.2 Å². The topological polar surface area (TPSA) is 76.7 Å². The quantitative estimate of drug-likeness (QED) is 0.538. The number of benzene rings is 2. The van der Waals surface area contributed by atoms with Crippen molar-refractivity contribution in [1.29, 1.82) is 0 Å². The van der Waals surface area contributed by atoms with Crippen molar-refractivity contribution in [2.75, 3.05) is 25.1 Å². The molecule has 6 nitrogen and oxygen atoms in total. The monoisotopic (exact) mass is 382 g/mol. The fourth-order valence-electron chi connectivity index (χ4n) is 3.04. The Morgan fingerprint density at radius 1 is 1.14 bits per heavy atom. The molecule has 6 heteroatoms. The molecule has 1 aliphatic heterocycles. The van der Waals surface area contributed by atoms with Crippen molar-refractivity contribution >= 4 is 17.6 Å². The fourth-order valence-corrected chi connectivity index (χ4v) is 3.04. The van der Waals surface area contributed by atoms with Gasteiger partial charge in [-0.15, -0.1) is 0 Å². The van der Waals surface area contributed by atoms with Crippen LogP contribution >= 0.6 is 0 Å². The number of fused-ring (bicyclic) bond motifs is 1. The highest BCUT2D eigenvalue weighted by atomic mass is 16.5. The Morgan fingerprint density at radius 2 is 1.93 bits per heavy atom. The van der Waals surface area contributed by atoms with Crippen LogP contribution in [0.3, 0.4) is 0 Å². The third kappa shape index (κ3) is 5.25. The van der Waals surface area contributed by atoms with Crippen LogP contribution < -0.4 is 15.4 Å². The first kappa shape index (κ1) is 19.7. The Hall–Kier alpha value is -3.02. The molecular weight excluding hydrogens is 356 g/mol. The van der Waals surface area contributed by atoms with Gasteiger partial charge in [-0.25, -0.2) is 4.79 Å². The molecule has 0 saturated heterocycles. The SMILES string of the molecule is CCCCOC(=O)c1ccc(NCC(=O)NC2CCOc3ccccc32)cc1. The summed E-state index contributed by atoms with van der Waals surface area (Å²) < 4.78 is 10.8. The molecule has 0 bridgehead atoms. The van der Waals surface area contributed by atoms with E-state index in [1.807, 2.05) is 31.2 Å². The molecule has 0 aliphatic carbocycles. The summed E-state index contributed by atoms with van der Waals surface area (Å²) in [5.74, 6) is 0.411. The Labute approximate surface area is 165 Å². The molecule has 2 aromatic rings. The van der Waals surface area contributed by atoms with Gasteiger partial charge in [-0.3, -0.25) is 4.79 Å². The Balaban J connectivity index is 1.48. The van der Waals surface area contributed by atoms with Gasteiger partial charge in [0.2, 0.25) is 5.91 Å². The highest BCUT2D eigenvalue weighted by Crippen LogP contribution is 2.31. The van der Waals surface area contributed by atoms with E-state index in [1.54, 1.807) is 24.3 Å². The zero-order valence-corrected chi connectivity index (χ0v) is 16.1. The average Bonchev–Trinajstić information content (AvgIpc) is 2.73. The van der Waals surface area contributed by atoms with E-state index in [-0.39, 0.29) is 24.5 Å². The molecule has 0 fully saturated rings. The molecular formula is C22H26N2O4. The third-order valence-corrected chi connectivity index (χ3v) is 4.60. The van der Waals surface area contributed by atoms with E-state index in [0.717, 1.165) is 36.3 Å². The summed E-state index contributed by atoms with van der Waals surface area (Å²) in [4.78, 5) is 24.2. The normalized spacial score (nSPS) is 15.1. The first-order chi connectivity index (χ1) is 13.7. The van der Waals surface area contributed by atoms with E-state index in [0.29, 0.717) is 18.8 Å². The standard InChI is InChI=1S/C22H26N2O4/c1-2-3-13-28-22(26)16-8-10-17(11-9-16)23-15-21(25)24-19-12-14-27-20-7-5-4-6-18(19)20/h4-11,19,23H,2-3,12-15H2,1H3,(H,24,25). The van der Waals surface area contributed by atoms with Crippen LogP contribution in [0, 0.1) is 0 Å². The fraction of sp³-hybridized carbons (Fsp3) is 0.364. The maximum Gasteiger partial charge on any atom is 0.338 e. The summed E-state index contributed by atoms with van der Waals surface area (Å²) in [6, 6.07) is 14.7. The van der Waals surface area contributed by atoms with Gasteiger partial charge in [0.05, 0.1) is 31.4 Å². The molecule has 2 N–H and O–H groups in total. The first-order valence-electron chi connectivity index (χ1n) is 9.69. The number of anilines is 1. The maximum atomic E-state index is 12.3. The predicted octanol–water partition coefficient (Wildman–Crippen LogP) is 3.70. The zero-order chi connectivity index (χ0) is 19.8. The van der Waals surface area contributed by atoms with Crippen molar-refractivity contribution in [1.82, 2.24) is 5.32 Å². The lowest BCUT2D eigenvalue weighted by Gasteiger charge is -2.26. The van der Waals surface area contributed by atoms with E-state index in [9.17, 15) is 9.59 Å². The van der Waals surface area contributed by atoms with Gasteiger partial charge in [0.15, 0.2) is 0 Å². The van der Waals surface area contributed by atoms with Crippen LogP contribution in [-0.2, 0) is 9.53 Å². The predicted molar refractivity (Wildman–Crippen MR) is 108 cm³/mol. The van der Waals surface area contributed by atoms with Crippen LogP contribution in [0.15, 0.2) is 48.5 Å². The number of hydrogen-bond donors (Lipinski definition) is 2. The summed E-state index contributed by atoms with van der Waals surface area (Å²) in [5.41, 5.74) is 2.28. The van der Waals surface area contributed by atoms with Gasteiger partial charge in [-0.05, 0) is 36.8 Å². The molecule has 1 unspecified atom stereocenters. The van der Waals surface area contributed by atoms with E-state index < -0.39 is 0 Å². The van der Waals surface area contributed by atoms with E-state index in [2.05, 4.69) is 10.6 Å². The summed E-state index contributed by atoms with van der Waals surface area (Å²) in [7, 11) is 0. The minimum absolute atomic E-state index is 0.0421. The molecule has 1 heterocycles. The van der Waals surface area contributed by atoms with Crippen molar-refractivity contribution in [3.05, 3.63) is 59.7 Å². The number of unbranched alkanes of at least 4 members (excludes halogenated alkanes) is 1. The van der Waals surface area contributed by atoms with Crippen LogP contribution in [0.25, 0.3) is 0 Å². The van der Waals surface area contributed by atoms with Crippen LogP contribution in [0.2, 0.25) is 0 Å². The minimum atomic E-state index is -0.323. The highest BCUT2D eigenvalue weighted by Gasteiger charge is 2.22. The van der Waals surface area contributed by atoms with Gasteiger partial charge >= 0.3 is 5.97 Å². The second kappa shape index (κ2) is 9.78. The van der Waals surface area contributed by atoms with Crippen molar-refractivity contribution in [3.63, 3.8) is 0 Å². The van der Waals surface area contributed by atoms with Crippen molar-refractivity contribution in [2.24, 2.45) is 0 Å². The number of amides is 1. The lowest BCUT2D eigenvalue weighted by Crippen LogP contribution is -2.35. The molecule has 1 aliphatic rings. The molecule has 148 valence electrons. The summed E-state index contributed by atoms with van der Waals surface area (Å²) in [5, 5.41) is 6.13. The maximum absolute atomic E-state index is 12.3. The molecule has 2 aromatic carbocycles. The molecule has 0 spiro atoms. The molecule has 1 amide bonds. The van der Waals surface area contributed by atoms with E-state index in [1.165, 1.54) is 0 Å². The van der Waals surface area contributed by atoms with Gasteiger partial charge in [-0.2, -0.15) is 0 Å². The first-order valence-corrected chi connectivity index (χ1v) is 9.69. The second-order valence-corrected chi connectivity index (χ2v) is 6.72. The number of esters is 1. The summed E-state index contributed by atoms with van der Waals surface area (Å²) in [6.45, 7) is 3.22. The number of rotatable bonds is 8. The molecule has 28 heavy (non-hydrogen) atoms. The van der Waals surface area contributed by atoms with Gasteiger partial charge < -0.3 is 20.1 Å². The summed E-state index contributed by atoms with van der Waals surface area (Å²) in [6.07, 6.45) is 2.59. The second-order valence-electron chi connectivity index (χ2n) is 6.72. The lowest BCUT2D eigenvalue weighted by molar-refractivity contribution is -0.120. The Morgan fingerprint density at radius 3 is 2.71 bits per heavy atom. The van der Waals surface area contributed by atoms with E-state index in [4.69, 9.17) is 9.47 Å². The Bertz CT molecular complexity index is 804. The van der Waals surface area contributed by atoms with Gasteiger partial charge in [0, 0.05) is 17.7 Å². The summed E-state index contributed by atoms with van der Waals surface area (Å²) >= 11 is 0. The third-order valence-electron chi connectivity index (χ3n) is 4.60. The highest BCUT2D eigenvalue weighted by molar-refractivity contribution is 5.90. The number of hydrogen-bond acceptors (Lipinski definition) is 5. The number of ether oxygens (including phenoxy) is 2. The molecule has 0 radical (unpaired) electrons. The smallest absolute Gasteiger partial charge is 0.338 e. The molecule has 1 atom stereocenters. The number of nitrogens with one attached hydrogen (secondary N) is 2. The number of para-hydroxylation sites is 1. The Kier molecular flexibility index (Phi) is 6.89. The number of carbonyl (C=O) groups is 2. The number of carbonyl (C=O) groups excluding carboxylic acids is 2. The zero-order valence-electron chi connectivity index (χ0n) is 16.1. The minimum Gasteiger partial charge on any atom is -0.493 e. The van der Waals surface area contributed by atoms with Crippen LogP contribution in [-0.4, -0.2) is 31.6 Å². The van der Waals surface area contributed by atoms with Crippen molar-refractivity contribution in [3.8, 4) is 5.75 Å². The lowest BCUT2D eigenvalue weighted by atomic mass is 10.0. The van der Waals surface area contributed by atoms with Crippen LogP contribution in [0.1, 0.15) is 48.1 Å².